The lowest BCUT2D eigenvalue weighted by molar-refractivity contribution is 0.106. The maximum atomic E-state index is 11.1. The Morgan fingerprint density at radius 1 is 1.14 bits per heavy atom. The van der Waals surface area contributed by atoms with Gasteiger partial charge in [0.05, 0.1) is 6.61 Å². The third-order valence-electron chi connectivity index (χ3n) is 4.16. The van der Waals surface area contributed by atoms with Gasteiger partial charge < -0.3 is 9.84 Å². The molecule has 2 heterocycles. The molecule has 0 spiro atoms. The van der Waals surface area contributed by atoms with Gasteiger partial charge in [0.25, 0.3) is 0 Å². The fourth-order valence-corrected chi connectivity index (χ4v) is 3.98. The van der Waals surface area contributed by atoms with Gasteiger partial charge in [-0.3, -0.25) is 0 Å². The quantitative estimate of drug-likeness (QED) is 0.771. The van der Waals surface area contributed by atoms with Gasteiger partial charge in [-0.2, -0.15) is 0 Å². The molecule has 1 N–H and O–H groups in total. The number of fused-ring (bicyclic) bond motifs is 2. The molecule has 0 radical (unpaired) electrons. The van der Waals surface area contributed by atoms with Crippen LogP contribution in [0.3, 0.4) is 0 Å². The monoisotopic (exact) mass is 296 g/mol. The number of benzene rings is 2. The first-order valence-corrected chi connectivity index (χ1v) is 7.94. The van der Waals surface area contributed by atoms with E-state index >= 15 is 0 Å². The summed E-state index contributed by atoms with van der Waals surface area (Å²) in [6.45, 7) is 2.61. The Kier molecular flexibility index (Phi) is 2.81. The van der Waals surface area contributed by atoms with Crippen molar-refractivity contribution in [1.29, 1.82) is 0 Å². The molecule has 1 aromatic heterocycles. The van der Waals surface area contributed by atoms with Crippen LogP contribution in [0.4, 0.5) is 0 Å². The smallest absolute Gasteiger partial charge is 0.122 e. The zero-order chi connectivity index (χ0) is 14.4. The number of hydrogen-bond donors (Lipinski definition) is 1. The molecule has 3 aromatic rings. The highest BCUT2D eigenvalue weighted by Crippen LogP contribution is 2.39. The van der Waals surface area contributed by atoms with Crippen molar-refractivity contribution in [2.75, 3.05) is 6.61 Å². The largest absolute Gasteiger partial charge is 0.493 e. The maximum absolute atomic E-state index is 11.1. The molecule has 3 heteroatoms. The van der Waals surface area contributed by atoms with Crippen molar-refractivity contribution >= 4 is 21.4 Å². The molecular formula is C18H16O2S. The SMILES string of the molecule is CC(O)(c1ccc2c(c1)CCO2)c1cc2ccccc2s1. The summed E-state index contributed by atoms with van der Waals surface area (Å²) in [4.78, 5) is 0.975. The van der Waals surface area contributed by atoms with E-state index in [4.69, 9.17) is 4.74 Å². The third kappa shape index (κ3) is 2.04. The van der Waals surface area contributed by atoms with Crippen LogP contribution >= 0.6 is 11.3 Å². The Morgan fingerprint density at radius 2 is 2.00 bits per heavy atom. The van der Waals surface area contributed by atoms with E-state index in [9.17, 15) is 5.11 Å². The van der Waals surface area contributed by atoms with Gasteiger partial charge in [-0.15, -0.1) is 11.3 Å². The summed E-state index contributed by atoms with van der Waals surface area (Å²) in [6, 6.07) is 16.3. The molecule has 0 fully saturated rings. The van der Waals surface area contributed by atoms with Gasteiger partial charge in [0.2, 0.25) is 0 Å². The number of rotatable bonds is 2. The van der Waals surface area contributed by atoms with Gasteiger partial charge in [-0.1, -0.05) is 24.3 Å². The minimum Gasteiger partial charge on any atom is -0.493 e. The molecule has 1 aliphatic heterocycles. The van der Waals surface area contributed by atoms with Gasteiger partial charge in [-0.05, 0) is 47.7 Å². The van der Waals surface area contributed by atoms with Crippen LogP contribution < -0.4 is 4.74 Å². The molecule has 2 aromatic carbocycles. The van der Waals surface area contributed by atoms with Crippen LogP contribution in [0.25, 0.3) is 10.1 Å². The molecule has 0 saturated heterocycles. The van der Waals surface area contributed by atoms with Crippen molar-refractivity contribution in [2.24, 2.45) is 0 Å². The predicted molar refractivity (Wildman–Crippen MR) is 86.1 cm³/mol. The Hall–Kier alpha value is -1.84. The van der Waals surface area contributed by atoms with E-state index in [1.54, 1.807) is 11.3 Å². The molecule has 0 aliphatic carbocycles. The first kappa shape index (κ1) is 12.9. The number of hydrogen-bond acceptors (Lipinski definition) is 3. The molecular weight excluding hydrogens is 280 g/mol. The second-order valence-electron chi connectivity index (χ2n) is 5.64. The van der Waals surface area contributed by atoms with Crippen molar-refractivity contribution in [3.63, 3.8) is 0 Å². The highest BCUT2D eigenvalue weighted by atomic mass is 32.1. The van der Waals surface area contributed by atoms with Crippen LogP contribution in [-0.4, -0.2) is 11.7 Å². The van der Waals surface area contributed by atoms with Crippen LogP contribution in [0.5, 0.6) is 5.75 Å². The summed E-state index contributed by atoms with van der Waals surface area (Å²) < 4.78 is 6.75. The van der Waals surface area contributed by atoms with E-state index in [0.29, 0.717) is 0 Å². The number of thiophene rings is 1. The van der Waals surface area contributed by atoms with E-state index in [-0.39, 0.29) is 0 Å². The first-order chi connectivity index (χ1) is 10.1. The number of aliphatic hydroxyl groups is 1. The molecule has 1 aliphatic rings. The molecule has 21 heavy (non-hydrogen) atoms. The van der Waals surface area contributed by atoms with Crippen molar-refractivity contribution in [3.8, 4) is 5.75 Å². The second kappa shape index (κ2) is 4.58. The van der Waals surface area contributed by atoms with Crippen molar-refractivity contribution in [2.45, 2.75) is 18.9 Å². The summed E-state index contributed by atoms with van der Waals surface area (Å²) in [5, 5.41) is 12.2. The van der Waals surface area contributed by atoms with E-state index < -0.39 is 5.60 Å². The summed E-state index contributed by atoms with van der Waals surface area (Å²) in [7, 11) is 0. The lowest BCUT2D eigenvalue weighted by atomic mass is 9.92. The van der Waals surface area contributed by atoms with E-state index in [1.165, 1.54) is 15.6 Å². The highest BCUT2D eigenvalue weighted by Gasteiger charge is 2.29. The number of ether oxygens (including phenoxy) is 1. The fraction of sp³-hybridized carbons (Fsp3) is 0.222. The van der Waals surface area contributed by atoms with Crippen molar-refractivity contribution in [3.05, 3.63) is 64.5 Å². The molecule has 1 atom stereocenters. The topological polar surface area (TPSA) is 29.5 Å². The summed E-state index contributed by atoms with van der Waals surface area (Å²) in [6.07, 6.45) is 0.922. The highest BCUT2D eigenvalue weighted by molar-refractivity contribution is 7.19. The fourth-order valence-electron chi connectivity index (χ4n) is 2.85. The van der Waals surface area contributed by atoms with E-state index in [2.05, 4.69) is 24.3 Å². The first-order valence-electron chi connectivity index (χ1n) is 7.12. The molecule has 4 rings (SSSR count). The maximum Gasteiger partial charge on any atom is 0.122 e. The van der Waals surface area contributed by atoms with Gasteiger partial charge in [0.15, 0.2) is 0 Å². The van der Waals surface area contributed by atoms with Gasteiger partial charge in [-0.25, -0.2) is 0 Å². The van der Waals surface area contributed by atoms with E-state index in [0.717, 1.165) is 29.2 Å². The van der Waals surface area contributed by atoms with Gasteiger partial charge in [0, 0.05) is 16.0 Å². The molecule has 0 saturated carbocycles. The molecule has 2 nitrogen and oxygen atoms in total. The zero-order valence-electron chi connectivity index (χ0n) is 11.8. The van der Waals surface area contributed by atoms with Crippen LogP contribution in [-0.2, 0) is 12.0 Å². The standard InChI is InChI=1S/C18H16O2S/c1-18(19,14-6-7-15-12(10-14)8-9-20-15)17-11-13-4-2-3-5-16(13)21-17/h2-7,10-11,19H,8-9H2,1H3. The van der Waals surface area contributed by atoms with Crippen LogP contribution in [0.15, 0.2) is 48.5 Å². The Morgan fingerprint density at radius 3 is 2.86 bits per heavy atom. The molecule has 106 valence electrons. The molecule has 1 unspecified atom stereocenters. The van der Waals surface area contributed by atoms with Crippen molar-refractivity contribution in [1.82, 2.24) is 0 Å². The summed E-state index contributed by atoms with van der Waals surface area (Å²) >= 11 is 1.65. The Bertz CT molecular complexity index is 784. The van der Waals surface area contributed by atoms with Crippen molar-refractivity contribution < 1.29 is 9.84 Å². The van der Waals surface area contributed by atoms with Gasteiger partial charge >= 0.3 is 0 Å². The van der Waals surface area contributed by atoms with Crippen LogP contribution in [0.1, 0.15) is 22.9 Å². The predicted octanol–water partition coefficient (Wildman–Crippen LogP) is 4.09. The lowest BCUT2D eigenvalue weighted by Crippen LogP contribution is -2.21. The molecule has 0 bridgehead atoms. The summed E-state index contributed by atoms with van der Waals surface area (Å²) in [5.74, 6) is 0.950. The molecule has 0 amide bonds. The van der Waals surface area contributed by atoms with E-state index in [1.807, 2.05) is 31.2 Å². The Balaban J connectivity index is 1.81. The third-order valence-corrected chi connectivity index (χ3v) is 5.48. The second-order valence-corrected chi connectivity index (χ2v) is 6.73. The van der Waals surface area contributed by atoms with Gasteiger partial charge in [0.1, 0.15) is 11.4 Å². The minimum atomic E-state index is -0.971. The van der Waals surface area contributed by atoms with Crippen LogP contribution in [0.2, 0.25) is 0 Å². The zero-order valence-corrected chi connectivity index (χ0v) is 12.6. The Labute approximate surface area is 127 Å². The average Bonchev–Trinajstić information content (AvgIpc) is 3.13. The minimum absolute atomic E-state index is 0.740. The lowest BCUT2D eigenvalue weighted by Gasteiger charge is -2.23. The normalized spacial score (nSPS) is 16.5. The average molecular weight is 296 g/mol. The van der Waals surface area contributed by atoms with Crippen LogP contribution in [0, 0.1) is 0 Å². The summed E-state index contributed by atoms with van der Waals surface area (Å²) in [5.41, 5.74) is 1.15.